The van der Waals surface area contributed by atoms with Crippen LogP contribution in [0.25, 0.3) is 0 Å². The van der Waals surface area contributed by atoms with Gasteiger partial charge in [-0.15, -0.1) is 0 Å². The summed E-state index contributed by atoms with van der Waals surface area (Å²) in [5, 5.41) is 14.0. The number of ether oxygens (including phenoxy) is 1. The minimum Gasteiger partial charge on any atom is -0.496 e. The van der Waals surface area contributed by atoms with E-state index in [1.165, 1.54) is 5.56 Å². The second-order valence-corrected chi connectivity index (χ2v) is 6.31. The molecule has 1 aliphatic heterocycles. The van der Waals surface area contributed by atoms with Gasteiger partial charge in [0.2, 0.25) is 5.96 Å². The predicted octanol–water partition coefficient (Wildman–Crippen LogP) is 2.86. The van der Waals surface area contributed by atoms with Crippen molar-refractivity contribution in [2.75, 3.05) is 13.7 Å². The van der Waals surface area contributed by atoms with Gasteiger partial charge in [0.15, 0.2) is 0 Å². The van der Waals surface area contributed by atoms with Crippen LogP contribution in [-0.2, 0) is 6.42 Å². The van der Waals surface area contributed by atoms with Gasteiger partial charge in [-0.2, -0.15) is 5.10 Å². The van der Waals surface area contributed by atoms with E-state index in [0.717, 1.165) is 23.4 Å². The SMILES string of the molecule is COc1ccccc1C1=NN(C(=N)N)CC1(C)Cc1ccccc1. The summed E-state index contributed by atoms with van der Waals surface area (Å²) in [5.74, 6) is 0.736. The van der Waals surface area contributed by atoms with Crippen LogP contribution in [-0.4, -0.2) is 30.3 Å². The minimum atomic E-state index is -0.262. The van der Waals surface area contributed by atoms with Crippen LogP contribution in [0.5, 0.6) is 5.75 Å². The summed E-state index contributed by atoms with van der Waals surface area (Å²) in [6.07, 6.45) is 0.814. The monoisotopic (exact) mass is 322 g/mol. The average molecular weight is 322 g/mol. The Bertz CT molecular complexity index is 772. The van der Waals surface area contributed by atoms with Crippen molar-refractivity contribution in [3.63, 3.8) is 0 Å². The summed E-state index contributed by atoms with van der Waals surface area (Å²) < 4.78 is 5.51. The molecule has 1 unspecified atom stereocenters. The van der Waals surface area contributed by atoms with Gasteiger partial charge >= 0.3 is 0 Å². The topological polar surface area (TPSA) is 74.7 Å². The lowest BCUT2D eigenvalue weighted by Crippen LogP contribution is -2.38. The van der Waals surface area contributed by atoms with E-state index in [4.69, 9.17) is 15.9 Å². The standard InChI is InChI=1S/C19H22N4O/c1-19(12-14-8-4-3-5-9-14)13-23(18(20)21)22-17(19)15-10-6-7-11-16(15)24-2/h3-11H,12-13H2,1-2H3,(H3,20,21). The molecular formula is C19H22N4O. The van der Waals surface area contributed by atoms with E-state index < -0.39 is 0 Å². The molecule has 24 heavy (non-hydrogen) atoms. The molecule has 2 aromatic rings. The molecule has 1 atom stereocenters. The number of hydrazone groups is 1. The normalized spacial score (nSPS) is 19.9. The fraction of sp³-hybridized carbons (Fsp3) is 0.263. The minimum absolute atomic E-state index is 0.0424. The van der Waals surface area contributed by atoms with Gasteiger partial charge < -0.3 is 10.5 Å². The van der Waals surface area contributed by atoms with Crippen LogP contribution in [0, 0.1) is 10.8 Å². The first-order valence-corrected chi connectivity index (χ1v) is 7.91. The first kappa shape index (κ1) is 16.1. The number of benzene rings is 2. The number of nitrogens with one attached hydrogen (secondary N) is 1. The molecule has 1 aliphatic rings. The summed E-state index contributed by atoms with van der Waals surface area (Å²) in [5.41, 5.74) is 8.51. The lowest BCUT2D eigenvalue weighted by Gasteiger charge is -2.27. The number of hydrogen-bond acceptors (Lipinski definition) is 3. The third-order valence-corrected chi connectivity index (χ3v) is 4.37. The molecule has 5 heteroatoms. The van der Waals surface area contributed by atoms with Crippen LogP contribution >= 0.6 is 0 Å². The van der Waals surface area contributed by atoms with Gasteiger partial charge in [-0.3, -0.25) is 5.41 Å². The molecule has 0 saturated heterocycles. The van der Waals surface area contributed by atoms with Crippen LogP contribution in [0.1, 0.15) is 18.1 Å². The average Bonchev–Trinajstić information content (AvgIpc) is 2.93. The van der Waals surface area contributed by atoms with E-state index >= 15 is 0 Å². The molecular weight excluding hydrogens is 300 g/mol. The second kappa shape index (κ2) is 6.35. The maximum Gasteiger partial charge on any atom is 0.209 e. The Kier molecular flexibility index (Phi) is 4.25. The Morgan fingerprint density at radius 3 is 2.54 bits per heavy atom. The van der Waals surface area contributed by atoms with Crippen molar-refractivity contribution < 1.29 is 4.74 Å². The number of rotatable bonds is 4. The van der Waals surface area contributed by atoms with Crippen LogP contribution < -0.4 is 10.5 Å². The second-order valence-electron chi connectivity index (χ2n) is 6.31. The smallest absolute Gasteiger partial charge is 0.209 e. The van der Waals surface area contributed by atoms with E-state index in [2.05, 4.69) is 24.2 Å². The van der Waals surface area contributed by atoms with Gasteiger partial charge in [-0.05, 0) is 24.1 Å². The molecule has 3 rings (SSSR count). The molecule has 124 valence electrons. The number of nitrogens with zero attached hydrogens (tertiary/aromatic N) is 2. The van der Waals surface area contributed by atoms with Crippen LogP contribution in [0.4, 0.5) is 0 Å². The molecule has 0 bridgehead atoms. The number of nitrogens with two attached hydrogens (primary N) is 1. The quantitative estimate of drug-likeness (QED) is 0.671. The van der Waals surface area contributed by atoms with Gasteiger partial charge in [-0.25, -0.2) is 5.01 Å². The number of hydrogen-bond donors (Lipinski definition) is 2. The maximum absolute atomic E-state index is 7.76. The lowest BCUT2D eigenvalue weighted by atomic mass is 9.77. The first-order valence-electron chi connectivity index (χ1n) is 7.91. The van der Waals surface area contributed by atoms with Crippen molar-refractivity contribution in [3.05, 3.63) is 65.7 Å². The zero-order chi connectivity index (χ0) is 17.2. The summed E-state index contributed by atoms with van der Waals surface area (Å²) in [7, 11) is 1.66. The summed E-state index contributed by atoms with van der Waals surface area (Å²) in [6, 6.07) is 18.2. The van der Waals surface area contributed by atoms with Crippen molar-refractivity contribution in [2.45, 2.75) is 13.3 Å². The van der Waals surface area contributed by atoms with E-state index in [-0.39, 0.29) is 11.4 Å². The van der Waals surface area contributed by atoms with E-state index in [1.807, 2.05) is 42.5 Å². The zero-order valence-electron chi connectivity index (χ0n) is 14.0. The summed E-state index contributed by atoms with van der Waals surface area (Å²) in [6.45, 7) is 2.73. The molecule has 1 heterocycles. The highest BCUT2D eigenvalue weighted by Gasteiger charge is 2.41. The van der Waals surface area contributed by atoms with Gasteiger partial charge in [-0.1, -0.05) is 49.4 Å². The molecule has 0 aliphatic carbocycles. The van der Waals surface area contributed by atoms with Crippen molar-refractivity contribution in [2.24, 2.45) is 16.3 Å². The highest BCUT2D eigenvalue weighted by atomic mass is 16.5. The largest absolute Gasteiger partial charge is 0.496 e. The molecule has 0 amide bonds. The molecule has 2 aromatic carbocycles. The third-order valence-electron chi connectivity index (χ3n) is 4.37. The van der Waals surface area contributed by atoms with Crippen molar-refractivity contribution in [1.29, 1.82) is 5.41 Å². The summed E-state index contributed by atoms with van der Waals surface area (Å²) in [4.78, 5) is 0. The Morgan fingerprint density at radius 2 is 1.88 bits per heavy atom. The van der Waals surface area contributed by atoms with E-state index in [9.17, 15) is 0 Å². The Labute approximate surface area is 142 Å². The number of guanidine groups is 1. The van der Waals surface area contributed by atoms with Crippen molar-refractivity contribution in [1.82, 2.24) is 5.01 Å². The van der Waals surface area contributed by atoms with E-state index in [1.54, 1.807) is 12.1 Å². The summed E-state index contributed by atoms with van der Waals surface area (Å²) >= 11 is 0. The van der Waals surface area contributed by atoms with Gasteiger partial charge in [0.1, 0.15) is 5.75 Å². The molecule has 0 radical (unpaired) electrons. The lowest BCUT2D eigenvalue weighted by molar-refractivity contribution is 0.355. The van der Waals surface area contributed by atoms with Crippen molar-refractivity contribution in [3.8, 4) is 5.75 Å². The Balaban J connectivity index is 2.04. The van der Waals surface area contributed by atoms with E-state index in [0.29, 0.717) is 6.54 Å². The highest BCUT2D eigenvalue weighted by molar-refractivity contribution is 6.08. The number of methoxy groups -OCH3 is 1. The fourth-order valence-electron chi connectivity index (χ4n) is 3.23. The van der Waals surface area contributed by atoms with Gasteiger partial charge in [0, 0.05) is 11.0 Å². The van der Waals surface area contributed by atoms with Crippen LogP contribution in [0.3, 0.4) is 0 Å². The van der Waals surface area contributed by atoms with Crippen LogP contribution in [0.15, 0.2) is 59.7 Å². The molecule has 3 N–H and O–H groups in total. The van der Waals surface area contributed by atoms with Gasteiger partial charge in [0.05, 0.1) is 19.4 Å². The maximum atomic E-state index is 7.76. The highest BCUT2D eigenvalue weighted by Crippen LogP contribution is 2.37. The fourth-order valence-corrected chi connectivity index (χ4v) is 3.23. The Morgan fingerprint density at radius 1 is 1.21 bits per heavy atom. The third kappa shape index (κ3) is 2.97. The molecule has 0 spiro atoms. The van der Waals surface area contributed by atoms with Gasteiger partial charge in [0.25, 0.3) is 0 Å². The van der Waals surface area contributed by atoms with Crippen LogP contribution in [0.2, 0.25) is 0 Å². The predicted molar refractivity (Wildman–Crippen MR) is 96.4 cm³/mol. The molecule has 5 nitrogen and oxygen atoms in total. The first-order chi connectivity index (χ1) is 11.5. The van der Waals surface area contributed by atoms with Crippen molar-refractivity contribution >= 4 is 11.7 Å². The number of para-hydroxylation sites is 1. The zero-order valence-corrected chi connectivity index (χ0v) is 14.0. The molecule has 0 saturated carbocycles. The molecule has 0 aromatic heterocycles. The Hall–Kier alpha value is -2.82. The molecule has 0 fully saturated rings.